The molecular formula is C13H16F3NO2S. The van der Waals surface area contributed by atoms with Crippen molar-refractivity contribution in [1.29, 1.82) is 0 Å². The summed E-state index contributed by atoms with van der Waals surface area (Å²) >= 11 is -0.0921. The fourth-order valence-corrected chi connectivity index (χ4v) is 1.84. The minimum absolute atomic E-state index is 0.0137. The van der Waals surface area contributed by atoms with Crippen LogP contribution in [-0.2, 0) is 6.42 Å². The molecule has 20 heavy (non-hydrogen) atoms. The third-order valence-corrected chi connectivity index (χ3v) is 3.19. The van der Waals surface area contributed by atoms with Crippen molar-refractivity contribution in [3.8, 4) is 5.75 Å². The topological polar surface area (TPSA) is 41.8 Å². The van der Waals surface area contributed by atoms with E-state index in [1.807, 2.05) is 12.1 Å². The maximum atomic E-state index is 11.9. The third kappa shape index (κ3) is 7.28. The highest BCUT2D eigenvalue weighted by molar-refractivity contribution is 8.00. The molecule has 112 valence electrons. The predicted molar refractivity (Wildman–Crippen MR) is 73.7 cm³/mol. The molecule has 0 aliphatic rings. The molecule has 1 N–H and O–H groups in total. The molecule has 0 amide bonds. The van der Waals surface area contributed by atoms with E-state index in [2.05, 4.69) is 5.16 Å². The molecule has 0 bridgehead atoms. The Morgan fingerprint density at radius 2 is 1.95 bits per heavy atom. The van der Waals surface area contributed by atoms with Crippen LogP contribution in [0.2, 0.25) is 0 Å². The highest BCUT2D eigenvalue weighted by Gasteiger charge is 2.27. The average Bonchev–Trinajstić information content (AvgIpc) is 2.41. The van der Waals surface area contributed by atoms with Crippen LogP contribution in [0.1, 0.15) is 18.9 Å². The van der Waals surface area contributed by atoms with Crippen molar-refractivity contribution in [3.63, 3.8) is 0 Å². The van der Waals surface area contributed by atoms with Crippen LogP contribution in [0.3, 0.4) is 0 Å². The third-order valence-electron chi connectivity index (χ3n) is 2.49. The van der Waals surface area contributed by atoms with Crippen LogP contribution in [0.5, 0.6) is 5.75 Å². The molecule has 7 heteroatoms. The molecule has 0 aliphatic heterocycles. The lowest BCUT2D eigenvalue weighted by Crippen LogP contribution is -2.07. The van der Waals surface area contributed by atoms with Gasteiger partial charge in [0.05, 0.1) is 12.3 Å². The standard InChI is InChI=1S/C13H16F3NO2S/c1-10(17-18)2-3-11-4-6-12(7-5-11)19-8-9-20-13(14,15)16/h4-7,18H,2-3,8-9H2,1H3/b17-10-. The van der Waals surface area contributed by atoms with Gasteiger partial charge in [-0.1, -0.05) is 17.3 Å². The van der Waals surface area contributed by atoms with Crippen LogP contribution in [0, 0.1) is 0 Å². The number of nitrogens with zero attached hydrogens (tertiary/aromatic N) is 1. The summed E-state index contributed by atoms with van der Waals surface area (Å²) in [7, 11) is 0. The van der Waals surface area contributed by atoms with Crippen molar-refractivity contribution in [1.82, 2.24) is 0 Å². The van der Waals surface area contributed by atoms with Crippen LogP contribution >= 0.6 is 11.8 Å². The van der Waals surface area contributed by atoms with Gasteiger partial charge in [0.25, 0.3) is 0 Å². The quantitative estimate of drug-likeness (QED) is 0.357. The van der Waals surface area contributed by atoms with Crippen molar-refractivity contribution >= 4 is 17.5 Å². The number of benzene rings is 1. The summed E-state index contributed by atoms with van der Waals surface area (Å²) in [5, 5.41) is 11.6. The molecule has 1 rings (SSSR count). The van der Waals surface area contributed by atoms with Gasteiger partial charge in [0.2, 0.25) is 0 Å². The van der Waals surface area contributed by atoms with E-state index in [0.29, 0.717) is 17.9 Å². The molecule has 0 spiro atoms. The molecule has 0 heterocycles. The van der Waals surface area contributed by atoms with Gasteiger partial charge < -0.3 is 9.94 Å². The minimum Gasteiger partial charge on any atom is -0.493 e. The van der Waals surface area contributed by atoms with Crippen molar-refractivity contribution in [2.45, 2.75) is 25.3 Å². The minimum atomic E-state index is -4.21. The Labute approximate surface area is 119 Å². The van der Waals surface area contributed by atoms with Crippen molar-refractivity contribution in [3.05, 3.63) is 29.8 Å². The van der Waals surface area contributed by atoms with E-state index >= 15 is 0 Å². The lowest BCUT2D eigenvalue weighted by molar-refractivity contribution is -0.0329. The van der Waals surface area contributed by atoms with E-state index in [0.717, 1.165) is 12.0 Å². The van der Waals surface area contributed by atoms with Gasteiger partial charge in [-0.05, 0) is 49.2 Å². The summed E-state index contributed by atoms with van der Waals surface area (Å²) in [6.07, 6.45) is 1.39. The number of halogens is 3. The van der Waals surface area contributed by atoms with Crippen LogP contribution < -0.4 is 4.74 Å². The average molecular weight is 307 g/mol. The summed E-state index contributed by atoms with van der Waals surface area (Å²) in [4.78, 5) is 0. The Morgan fingerprint density at radius 3 is 2.50 bits per heavy atom. The van der Waals surface area contributed by atoms with Crippen molar-refractivity contribution in [2.24, 2.45) is 5.16 Å². The SMILES string of the molecule is C/C(CCc1ccc(OCCSC(F)(F)F)cc1)=N/O. The van der Waals surface area contributed by atoms with E-state index in [4.69, 9.17) is 9.94 Å². The monoisotopic (exact) mass is 307 g/mol. The molecule has 0 radical (unpaired) electrons. The van der Waals surface area contributed by atoms with Crippen LogP contribution in [-0.4, -0.2) is 28.8 Å². The molecule has 0 aromatic heterocycles. The second-order valence-corrected chi connectivity index (χ2v) is 5.28. The summed E-state index contributed by atoms with van der Waals surface area (Å²) in [5.74, 6) is 0.418. The van der Waals surface area contributed by atoms with E-state index in [1.54, 1.807) is 19.1 Å². The zero-order valence-corrected chi connectivity index (χ0v) is 11.8. The maximum Gasteiger partial charge on any atom is 0.441 e. The fourth-order valence-electron chi connectivity index (χ4n) is 1.44. The lowest BCUT2D eigenvalue weighted by Gasteiger charge is -2.08. The first-order valence-electron chi connectivity index (χ1n) is 6.00. The fraction of sp³-hybridized carbons (Fsp3) is 0.462. The lowest BCUT2D eigenvalue weighted by atomic mass is 10.1. The van der Waals surface area contributed by atoms with Crippen LogP contribution in [0.15, 0.2) is 29.4 Å². The first-order valence-corrected chi connectivity index (χ1v) is 6.99. The van der Waals surface area contributed by atoms with Gasteiger partial charge in [0, 0.05) is 5.75 Å². The highest BCUT2D eigenvalue weighted by atomic mass is 32.2. The van der Waals surface area contributed by atoms with E-state index < -0.39 is 5.51 Å². The van der Waals surface area contributed by atoms with E-state index in [1.165, 1.54) is 0 Å². The molecule has 1 aromatic carbocycles. The second kappa shape index (κ2) is 8.04. The van der Waals surface area contributed by atoms with Crippen molar-refractivity contribution < 1.29 is 23.1 Å². The van der Waals surface area contributed by atoms with Gasteiger partial charge in [-0.2, -0.15) is 13.2 Å². The molecule has 0 fully saturated rings. The molecule has 0 unspecified atom stereocenters. The molecule has 0 aliphatic carbocycles. The number of hydrogen-bond acceptors (Lipinski definition) is 4. The van der Waals surface area contributed by atoms with Gasteiger partial charge in [-0.25, -0.2) is 0 Å². The van der Waals surface area contributed by atoms with Gasteiger partial charge in [0.1, 0.15) is 5.75 Å². The molecule has 1 aromatic rings. The predicted octanol–water partition coefficient (Wildman–Crippen LogP) is 4.10. The first-order chi connectivity index (χ1) is 9.40. The summed E-state index contributed by atoms with van der Waals surface area (Å²) < 4.78 is 40.9. The summed E-state index contributed by atoms with van der Waals surface area (Å²) in [6.45, 7) is 1.75. The number of ether oxygens (including phenoxy) is 1. The summed E-state index contributed by atoms with van der Waals surface area (Å²) in [6, 6.07) is 7.13. The van der Waals surface area contributed by atoms with E-state index in [9.17, 15) is 13.2 Å². The normalized spacial score (nSPS) is 12.5. The Bertz CT molecular complexity index is 432. The molecule has 0 saturated heterocycles. The maximum absolute atomic E-state index is 11.9. The highest BCUT2D eigenvalue weighted by Crippen LogP contribution is 2.29. The number of hydrogen-bond donors (Lipinski definition) is 1. The molecular weight excluding hydrogens is 291 g/mol. The Balaban J connectivity index is 2.32. The smallest absolute Gasteiger partial charge is 0.441 e. The molecule has 0 atom stereocenters. The zero-order valence-electron chi connectivity index (χ0n) is 11.0. The number of aryl methyl sites for hydroxylation is 1. The number of thioether (sulfide) groups is 1. The second-order valence-electron chi connectivity index (χ2n) is 4.12. The van der Waals surface area contributed by atoms with E-state index in [-0.39, 0.29) is 24.1 Å². The molecule has 0 saturated carbocycles. The Kier molecular flexibility index (Phi) is 6.70. The van der Waals surface area contributed by atoms with Gasteiger partial charge in [-0.15, -0.1) is 0 Å². The number of rotatable bonds is 7. The largest absolute Gasteiger partial charge is 0.493 e. The number of oxime groups is 1. The first kappa shape index (κ1) is 16.7. The Morgan fingerprint density at radius 1 is 1.30 bits per heavy atom. The van der Waals surface area contributed by atoms with Gasteiger partial charge in [-0.3, -0.25) is 0 Å². The van der Waals surface area contributed by atoms with Gasteiger partial charge in [0.15, 0.2) is 0 Å². The molecule has 3 nitrogen and oxygen atoms in total. The summed E-state index contributed by atoms with van der Waals surface area (Å²) in [5.41, 5.74) is -2.51. The van der Waals surface area contributed by atoms with Crippen molar-refractivity contribution in [2.75, 3.05) is 12.4 Å². The van der Waals surface area contributed by atoms with Crippen LogP contribution in [0.25, 0.3) is 0 Å². The Hall–Kier alpha value is -1.37. The van der Waals surface area contributed by atoms with Crippen LogP contribution in [0.4, 0.5) is 13.2 Å². The zero-order chi connectivity index (χ0) is 15.0. The van der Waals surface area contributed by atoms with Gasteiger partial charge >= 0.3 is 5.51 Å². The number of alkyl halides is 3.